The predicted octanol–water partition coefficient (Wildman–Crippen LogP) is 4.69. The second-order valence-electron chi connectivity index (χ2n) is 7.01. The van der Waals surface area contributed by atoms with E-state index in [1.807, 2.05) is 42.8 Å². The molecule has 0 aromatic carbocycles. The number of imidazole rings is 1. The Balaban J connectivity index is 0.00000259. The van der Waals surface area contributed by atoms with Crippen LogP contribution in [0.5, 0.6) is 0 Å². The van der Waals surface area contributed by atoms with Crippen LogP contribution in [0.1, 0.15) is 11.4 Å². The van der Waals surface area contributed by atoms with Crippen molar-refractivity contribution in [1.29, 1.82) is 0 Å². The maximum Gasteiger partial charge on any atom is 0.246 e. The molecular weight excluding hydrogens is 550 g/mol. The summed E-state index contributed by atoms with van der Waals surface area (Å²) in [6.45, 7) is 3.92. The summed E-state index contributed by atoms with van der Waals surface area (Å²) in [4.78, 5) is 21.4. The summed E-state index contributed by atoms with van der Waals surface area (Å²) in [5.74, 6) is 0.445. The van der Waals surface area contributed by atoms with E-state index in [1.165, 1.54) is 23.1 Å². The Morgan fingerprint density at radius 2 is 1.82 bits per heavy atom. The van der Waals surface area contributed by atoms with Crippen LogP contribution in [0.4, 0.5) is 15.8 Å². The fraction of sp³-hybridized carbons (Fsp3) is 0.158. The fourth-order valence-corrected chi connectivity index (χ4v) is 4.84. The van der Waals surface area contributed by atoms with Gasteiger partial charge in [-0.1, -0.05) is 0 Å². The molecule has 0 aliphatic carbocycles. The molecule has 5 aromatic rings. The molecule has 2 N–H and O–H groups in total. The number of hydrogen-bond donors (Lipinski definition) is 2. The van der Waals surface area contributed by atoms with Crippen molar-refractivity contribution >= 4 is 78.8 Å². The molecule has 0 aliphatic heterocycles. The summed E-state index contributed by atoms with van der Waals surface area (Å²) < 4.78 is 12.6. The molecule has 33 heavy (non-hydrogen) atoms. The lowest BCUT2D eigenvalue weighted by atomic mass is 10.3. The standard InChI is InChI=1S/C19H16BrN9OS2.ClH/c1-10-3-16(31-26-10)24-15(30)9-28-7-12(5-22-28)13-6-21-19-18(23-14(20)8-29(13)19)25-17-4-11(2)27-32-17;/h3-8H,9H2,1-2H3,(H,23,25)(H,24,30);1H. The fourth-order valence-electron chi connectivity index (χ4n) is 3.12. The zero-order valence-corrected chi connectivity index (χ0v) is 21.3. The van der Waals surface area contributed by atoms with Gasteiger partial charge in [-0.2, -0.15) is 13.8 Å². The van der Waals surface area contributed by atoms with Crippen LogP contribution in [0.15, 0.2) is 41.5 Å². The van der Waals surface area contributed by atoms with Crippen LogP contribution >= 0.6 is 51.4 Å². The molecule has 0 atom stereocenters. The average molecular weight is 567 g/mol. The molecule has 0 fully saturated rings. The Kier molecular flexibility index (Phi) is 6.74. The number of amides is 1. The first kappa shape index (κ1) is 23.3. The molecule has 10 nitrogen and oxygen atoms in total. The maximum atomic E-state index is 12.3. The van der Waals surface area contributed by atoms with E-state index < -0.39 is 0 Å². The zero-order chi connectivity index (χ0) is 22.2. The first-order valence-electron chi connectivity index (χ1n) is 9.44. The highest BCUT2D eigenvalue weighted by atomic mass is 79.9. The highest BCUT2D eigenvalue weighted by molar-refractivity contribution is 9.10. The first-order chi connectivity index (χ1) is 15.4. The topological polar surface area (TPSA) is 115 Å². The molecule has 0 radical (unpaired) electrons. The van der Waals surface area contributed by atoms with Crippen LogP contribution in [0.3, 0.4) is 0 Å². The third-order valence-corrected chi connectivity index (χ3v) is 6.43. The van der Waals surface area contributed by atoms with Crippen LogP contribution in [0.25, 0.3) is 16.9 Å². The van der Waals surface area contributed by atoms with E-state index >= 15 is 0 Å². The van der Waals surface area contributed by atoms with E-state index in [9.17, 15) is 4.79 Å². The molecule has 5 rings (SSSR count). The molecule has 1 amide bonds. The number of hydrogen-bond acceptors (Lipinski definition) is 9. The van der Waals surface area contributed by atoms with Gasteiger partial charge in [0.25, 0.3) is 0 Å². The molecule has 0 bridgehead atoms. The number of carbonyl (C=O) groups excluding carboxylic acids is 1. The Labute approximate surface area is 211 Å². The predicted molar refractivity (Wildman–Crippen MR) is 135 cm³/mol. The summed E-state index contributed by atoms with van der Waals surface area (Å²) in [6, 6.07) is 3.79. The second kappa shape index (κ2) is 9.55. The lowest BCUT2D eigenvalue weighted by Crippen LogP contribution is -2.18. The van der Waals surface area contributed by atoms with Crippen molar-refractivity contribution in [2.24, 2.45) is 0 Å². The van der Waals surface area contributed by atoms with E-state index in [-0.39, 0.29) is 24.9 Å². The van der Waals surface area contributed by atoms with Gasteiger partial charge in [-0.25, -0.2) is 9.97 Å². The number of carbonyl (C=O) groups is 1. The van der Waals surface area contributed by atoms with E-state index in [1.54, 1.807) is 17.1 Å². The van der Waals surface area contributed by atoms with Crippen molar-refractivity contribution < 1.29 is 4.79 Å². The van der Waals surface area contributed by atoms with Gasteiger partial charge in [0.1, 0.15) is 21.2 Å². The van der Waals surface area contributed by atoms with Crippen LogP contribution in [-0.2, 0) is 11.3 Å². The van der Waals surface area contributed by atoms with Gasteiger partial charge < -0.3 is 10.6 Å². The van der Waals surface area contributed by atoms with Crippen LogP contribution in [0, 0.1) is 13.8 Å². The van der Waals surface area contributed by atoms with Crippen molar-refractivity contribution in [3.05, 3.63) is 52.9 Å². The molecule has 170 valence electrons. The number of nitrogens with one attached hydrogen (secondary N) is 2. The Morgan fingerprint density at radius 1 is 1.09 bits per heavy atom. The molecule has 14 heteroatoms. The summed E-state index contributed by atoms with van der Waals surface area (Å²) in [5, 5.41) is 12.1. The molecule has 0 spiro atoms. The van der Waals surface area contributed by atoms with Crippen LogP contribution in [-0.4, -0.2) is 38.8 Å². The summed E-state index contributed by atoms with van der Waals surface area (Å²) in [5.41, 5.74) is 4.14. The zero-order valence-electron chi connectivity index (χ0n) is 17.3. The lowest BCUT2D eigenvalue weighted by Gasteiger charge is -2.06. The minimum absolute atomic E-state index is 0. The van der Waals surface area contributed by atoms with Gasteiger partial charge in [0.15, 0.2) is 11.5 Å². The third kappa shape index (κ3) is 5.05. The monoisotopic (exact) mass is 565 g/mol. The number of anilines is 3. The summed E-state index contributed by atoms with van der Waals surface area (Å²) in [6.07, 6.45) is 7.13. The van der Waals surface area contributed by atoms with E-state index in [0.717, 1.165) is 32.6 Å². The van der Waals surface area contributed by atoms with Gasteiger partial charge in [0, 0.05) is 18.0 Å². The Bertz CT molecular complexity index is 1440. The van der Waals surface area contributed by atoms with Gasteiger partial charge >= 0.3 is 0 Å². The maximum absolute atomic E-state index is 12.3. The molecular formula is C19H17BrClN9OS2. The number of aromatic nitrogens is 7. The van der Waals surface area contributed by atoms with Crippen LogP contribution < -0.4 is 10.6 Å². The molecule has 5 aromatic heterocycles. The van der Waals surface area contributed by atoms with Gasteiger partial charge in [0.05, 0.1) is 29.5 Å². The van der Waals surface area contributed by atoms with Crippen molar-refractivity contribution in [2.75, 3.05) is 10.6 Å². The largest absolute Gasteiger partial charge is 0.328 e. The molecule has 0 aliphatic rings. The lowest BCUT2D eigenvalue weighted by molar-refractivity contribution is -0.116. The number of nitrogens with zero attached hydrogens (tertiary/aromatic N) is 7. The SMILES string of the molecule is Cc1cc(NC(=O)Cn2cc(-c3cnc4c(Nc5cc(C)ns5)nc(Br)cn34)cn2)sn1.Cl. The summed E-state index contributed by atoms with van der Waals surface area (Å²) in [7, 11) is 0. The number of halogens is 2. The number of rotatable bonds is 6. The molecule has 0 saturated carbocycles. The first-order valence-corrected chi connectivity index (χ1v) is 11.8. The van der Waals surface area contributed by atoms with E-state index in [2.05, 4.69) is 50.4 Å². The van der Waals surface area contributed by atoms with Crippen molar-refractivity contribution in [1.82, 2.24) is 32.9 Å². The quantitative estimate of drug-likeness (QED) is 0.306. The second-order valence-corrected chi connectivity index (χ2v) is 9.44. The van der Waals surface area contributed by atoms with Crippen molar-refractivity contribution in [3.8, 4) is 11.3 Å². The third-order valence-electron chi connectivity index (χ3n) is 4.46. The Morgan fingerprint density at radius 3 is 2.52 bits per heavy atom. The van der Waals surface area contributed by atoms with Crippen LogP contribution in [0.2, 0.25) is 0 Å². The number of fused-ring (bicyclic) bond motifs is 1. The normalized spacial score (nSPS) is 10.9. The van der Waals surface area contributed by atoms with Crippen molar-refractivity contribution in [2.45, 2.75) is 20.4 Å². The Hall–Kier alpha value is -2.87. The van der Waals surface area contributed by atoms with E-state index in [0.29, 0.717) is 16.1 Å². The molecule has 5 heterocycles. The van der Waals surface area contributed by atoms with E-state index in [4.69, 9.17) is 0 Å². The van der Waals surface area contributed by atoms with Gasteiger partial charge in [-0.15, -0.1) is 12.4 Å². The summed E-state index contributed by atoms with van der Waals surface area (Å²) >= 11 is 6.09. The minimum Gasteiger partial charge on any atom is -0.328 e. The van der Waals surface area contributed by atoms with Gasteiger partial charge in [-0.05, 0) is 65.0 Å². The average Bonchev–Trinajstić information content (AvgIpc) is 3.51. The molecule has 0 unspecified atom stereocenters. The highest BCUT2D eigenvalue weighted by Gasteiger charge is 2.15. The highest BCUT2D eigenvalue weighted by Crippen LogP contribution is 2.28. The minimum atomic E-state index is -0.167. The van der Waals surface area contributed by atoms with Crippen molar-refractivity contribution in [3.63, 3.8) is 0 Å². The molecule has 0 saturated heterocycles. The van der Waals surface area contributed by atoms with Gasteiger partial charge in [0.2, 0.25) is 5.91 Å². The smallest absolute Gasteiger partial charge is 0.246 e. The number of aryl methyl sites for hydroxylation is 2. The van der Waals surface area contributed by atoms with Gasteiger partial charge in [-0.3, -0.25) is 13.9 Å².